The lowest BCUT2D eigenvalue weighted by molar-refractivity contribution is -0.122. The Morgan fingerprint density at radius 3 is 2.48 bits per heavy atom. The Labute approximate surface area is 168 Å². The Balaban J connectivity index is 1.87. The predicted molar refractivity (Wildman–Crippen MR) is 111 cm³/mol. The van der Waals surface area contributed by atoms with E-state index in [1.54, 1.807) is 41.3 Å². The van der Waals surface area contributed by atoms with E-state index in [0.717, 1.165) is 5.56 Å². The number of nitrogens with zero attached hydrogens (tertiary/aromatic N) is 2. The van der Waals surface area contributed by atoms with Crippen molar-refractivity contribution in [2.75, 3.05) is 11.4 Å². The molecule has 2 aromatic rings. The molecule has 1 heterocycles. The van der Waals surface area contributed by atoms with Crippen LogP contribution in [0.2, 0.25) is 5.02 Å². The van der Waals surface area contributed by atoms with E-state index >= 15 is 0 Å². The number of amides is 2. The van der Waals surface area contributed by atoms with Gasteiger partial charge in [0.25, 0.3) is 5.91 Å². The van der Waals surface area contributed by atoms with Gasteiger partial charge in [0.2, 0.25) is 5.91 Å². The third kappa shape index (κ3) is 4.28. The first-order valence-electron chi connectivity index (χ1n) is 8.72. The maximum atomic E-state index is 13.1. The number of carbonyl (C=O) groups is 2. The van der Waals surface area contributed by atoms with Crippen LogP contribution in [0.25, 0.3) is 0 Å². The average Bonchev–Trinajstić information content (AvgIpc) is 2.96. The van der Waals surface area contributed by atoms with Gasteiger partial charge in [-0.25, -0.2) is 4.90 Å². The lowest BCUT2D eigenvalue weighted by Gasteiger charge is -2.30. The number of thiocarbonyl (C=S) groups is 1. The van der Waals surface area contributed by atoms with Crippen LogP contribution < -0.4 is 10.2 Å². The number of benzene rings is 2. The summed E-state index contributed by atoms with van der Waals surface area (Å²) in [5.74, 6) is -0.489. The molecule has 2 aromatic carbocycles. The second-order valence-corrected chi connectivity index (χ2v) is 7.04. The van der Waals surface area contributed by atoms with Gasteiger partial charge in [0, 0.05) is 18.1 Å². The largest absolute Gasteiger partial charge is 0.363 e. The summed E-state index contributed by atoms with van der Waals surface area (Å²) in [5, 5.41) is 4.19. The molecular weight excluding hydrogens is 382 g/mol. The van der Waals surface area contributed by atoms with Crippen molar-refractivity contribution in [1.29, 1.82) is 0 Å². The normalized spacial score (nSPS) is 16.5. The first-order valence-corrected chi connectivity index (χ1v) is 9.50. The van der Waals surface area contributed by atoms with Gasteiger partial charge in [-0.3, -0.25) is 9.59 Å². The van der Waals surface area contributed by atoms with Crippen molar-refractivity contribution >= 4 is 46.4 Å². The summed E-state index contributed by atoms with van der Waals surface area (Å²) in [5.41, 5.74) is 1.54. The molecule has 0 saturated carbocycles. The van der Waals surface area contributed by atoms with E-state index in [1.807, 2.05) is 25.1 Å². The summed E-state index contributed by atoms with van der Waals surface area (Å²) in [4.78, 5) is 28.7. The van der Waals surface area contributed by atoms with E-state index in [4.69, 9.17) is 23.8 Å². The molecule has 2 amide bonds. The van der Waals surface area contributed by atoms with Gasteiger partial charge >= 0.3 is 0 Å². The quantitative estimate of drug-likeness (QED) is 0.615. The summed E-state index contributed by atoms with van der Waals surface area (Å²) in [7, 11) is 0. The number of anilines is 1. The van der Waals surface area contributed by atoms with Crippen LogP contribution in [0.5, 0.6) is 0 Å². The molecule has 0 radical (unpaired) electrons. The highest BCUT2D eigenvalue weighted by Crippen LogP contribution is 2.26. The minimum atomic E-state index is -0.639. The zero-order valence-corrected chi connectivity index (χ0v) is 16.5. The second-order valence-electron chi connectivity index (χ2n) is 6.21. The van der Waals surface area contributed by atoms with Gasteiger partial charge in [0.05, 0.1) is 12.1 Å². The Bertz CT molecular complexity index is 842. The predicted octanol–water partition coefficient (Wildman–Crippen LogP) is 3.37. The van der Waals surface area contributed by atoms with Crippen molar-refractivity contribution in [3.63, 3.8) is 0 Å². The number of hydrogen-bond acceptors (Lipinski definition) is 3. The van der Waals surface area contributed by atoms with Crippen LogP contribution in [0.3, 0.4) is 0 Å². The fraction of sp³-hybridized carbons (Fsp3) is 0.250. The number of hydrogen-bond donors (Lipinski definition) is 1. The number of imide groups is 1. The Kier molecular flexibility index (Phi) is 6.08. The Morgan fingerprint density at radius 2 is 1.85 bits per heavy atom. The summed E-state index contributed by atoms with van der Waals surface area (Å²) in [6.45, 7) is 2.98. The fourth-order valence-corrected chi connectivity index (χ4v) is 3.53. The standard InChI is InChI=1S/C20H20ClN3O2S/c1-2-22-20(27)23(13-14-8-10-15(21)11-9-14)17-12-18(25)24(19(17)26)16-6-4-3-5-7-16/h3-11,17H,2,12-13H2,1H3,(H,22,27)/t17-/m0/s1. The lowest BCUT2D eigenvalue weighted by Crippen LogP contribution is -2.49. The highest BCUT2D eigenvalue weighted by molar-refractivity contribution is 7.80. The molecule has 0 unspecified atom stereocenters. The molecule has 0 aromatic heterocycles. The van der Waals surface area contributed by atoms with Crippen LogP contribution in [0.1, 0.15) is 18.9 Å². The van der Waals surface area contributed by atoms with E-state index in [-0.39, 0.29) is 18.2 Å². The molecular formula is C20H20ClN3O2S. The van der Waals surface area contributed by atoms with E-state index in [0.29, 0.717) is 28.9 Å². The number of para-hydroxylation sites is 1. The van der Waals surface area contributed by atoms with Gasteiger partial charge in [-0.1, -0.05) is 41.9 Å². The maximum absolute atomic E-state index is 13.1. The van der Waals surface area contributed by atoms with Crippen molar-refractivity contribution < 1.29 is 9.59 Å². The highest BCUT2D eigenvalue weighted by Gasteiger charge is 2.43. The van der Waals surface area contributed by atoms with Gasteiger partial charge in [0.15, 0.2) is 5.11 Å². The van der Waals surface area contributed by atoms with Crippen LogP contribution in [0, 0.1) is 0 Å². The number of carbonyl (C=O) groups excluding carboxylic acids is 2. The molecule has 1 aliphatic heterocycles. The third-order valence-corrected chi connectivity index (χ3v) is 5.00. The smallest absolute Gasteiger partial charge is 0.257 e. The summed E-state index contributed by atoms with van der Waals surface area (Å²) in [6, 6.07) is 15.7. The summed E-state index contributed by atoms with van der Waals surface area (Å²) >= 11 is 11.4. The molecule has 0 bridgehead atoms. The van der Waals surface area contributed by atoms with Crippen LogP contribution >= 0.6 is 23.8 Å². The lowest BCUT2D eigenvalue weighted by atomic mass is 10.1. The van der Waals surface area contributed by atoms with Gasteiger partial charge in [-0.2, -0.15) is 0 Å². The van der Waals surface area contributed by atoms with E-state index in [2.05, 4.69) is 5.32 Å². The van der Waals surface area contributed by atoms with Crippen molar-refractivity contribution in [1.82, 2.24) is 10.2 Å². The molecule has 1 aliphatic rings. The van der Waals surface area contributed by atoms with Crippen LogP contribution in [0.15, 0.2) is 54.6 Å². The van der Waals surface area contributed by atoms with Gasteiger partial charge in [-0.15, -0.1) is 0 Å². The van der Waals surface area contributed by atoms with Gasteiger partial charge < -0.3 is 10.2 Å². The zero-order chi connectivity index (χ0) is 19.4. The molecule has 1 saturated heterocycles. The maximum Gasteiger partial charge on any atom is 0.257 e. The average molecular weight is 402 g/mol. The summed E-state index contributed by atoms with van der Waals surface area (Å²) < 4.78 is 0. The Morgan fingerprint density at radius 1 is 1.19 bits per heavy atom. The monoisotopic (exact) mass is 401 g/mol. The second kappa shape index (κ2) is 8.50. The zero-order valence-electron chi connectivity index (χ0n) is 14.9. The Hall–Kier alpha value is -2.44. The van der Waals surface area contributed by atoms with Crippen LogP contribution in [-0.4, -0.2) is 34.4 Å². The minimum Gasteiger partial charge on any atom is -0.363 e. The molecule has 5 nitrogen and oxygen atoms in total. The topological polar surface area (TPSA) is 52.7 Å². The summed E-state index contributed by atoms with van der Waals surface area (Å²) in [6.07, 6.45) is 0.0901. The van der Waals surface area contributed by atoms with Crippen molar-refractivity contribution in [3.05, 3.63) is 65.2 Å². The van der Waals surface area contributed by atoms with Crippen molar-refractivity contribution in [2.24, 2.45) is 0 Å². The van der Waals surface area contributed by atoms with Crippen LogP contribution in [-0.2, 0) is 16.1 Å². The SMILES string of the molecule is CCNC(=S)N(Cc1ccc(Cl)cc1)[C@H]1CC(=O)N(c2ccccc2)C1=O. The van der Waals surface area contributed by atoms with Crippen molar-refractivity contribution in [2.45, 2.75) is 25.9 Å². The van der Waals surface area contributed by atoms with E-state index in [1.165, 1.54) is 4.90 Å². The molecule has 27 heavy (non-hydrogen) atoms. The molecule has 1 fully saturated rings. The highest BCUT2D eigenvalue weighted by atomic mass is 35.5. The molecule has 0 aliphatic carbocycles. The van der Waals surface area contributed by atoms with Crippen molar-refractivity contribution in [3.8, 4) is 0 Å². The molecule has 140 valence electrons. The minimum absolute atomic E-state index is 0.0901. The molecule has 1 atom stereocenters. The third-order valence-electron chi connectivity index (χ3n) is 4.37. The van der Waals surface area contributed by atoms with Crippen LogP contribution in [0.4, 0.5) is 5.69 Å². The first-order chi connectivity index (χ1) is 13.0. The number of halogens is 1. The first kappa shape index (κ1) is 19.3. The molecule has 3 rings (SSSR count). The molecule has 7 heteroatoms. The number of rotatable bonds is 5. The van der Waals surface area contributed by atoms with Gasteiger partial charge in [0.1, 0.15) is 6.04 Å². The van der Waals surface area contributed by atoms with E-state index in [9.17, 15) is 9.59 Å². The number of nitrogens with one attached hydrogen (secondary N) is 1. The molecule has 0 spiro atoms. The van der Waals surface area contributed by atoms with E-state index < -0.39 is 6.04 Å². The molecule has 1 N–H and O–H groups in total. The van der Waals surface area contributed by atoms with Gasteiger partial charge in [-0.05, 0) is 49.0 Å². The fourth-order valence-electron chi connectivity index (χ4n) is 3.07.